The maximum absolute atomic E-state index is 11.2. The van der Waals surface area contributed by atoms with E-state index in [-0.39, 0.29) is 5.78 Å². The number of hydrogen-bond donors (Lipinski definition) is 0. The highest BCUT2D eigenvalue weighted by Gasteiger charge is 2.15. The molecule has 0 radical (unpaired) electrons. The summed E-state index contributed by atoms with van der Waals surface area (Å²) in [5.41, 5.74) is 3.04. The van der Waals surface area contributed by atoms with Crippen molar-refractivity contribution in [3.05, 3.63) is 22.8 Å². The summed E-state index contributed by atoms with van der Waals surface area (Å²) in [7, 11) is 0. The summed E-state index contributed by atoms with van der Waals surface area (Å²) in [6.45, 7) is 4.82. The molecule has 0 bridgehead atoms. The van der Waals surface area contributed by atoms with Crippen LogP contribution in [0.15, 0.2) is 0 Å². The van der Waals surface area contributed by atoms with Gasteiger partial charge in [0, 0.05) is 19.0 Å². The molecule has 0 saturated carbocycles. The monoisotopic (exact) mass is 206 g/mol. The molecule has 80 valence electrons. The van der Waals surface area contributed by atoms with Crippen LogP contribution in [-0.2, 0) is 17.6 Å². The number of carbonyl (C=O) groups is 1. The molecule has 0 unspecified atom stereocenters. The first-order chi connectivity index (χ1) is 7.18. The molecule has 15 heavy (non-hydrogen) atoms. The lowest BCUT2D eigenvalue weighted by Gasteiger charge is -2.08. The molecule has 0 fully saturated rings. The van der Waals surface area contributed by atoms with Crippen LogP contribution in [0.5, 0.6) is 0 Å². The lowest BCUT2D eigenvalue weighted by molar-refractivity contribution is 0.100. The number of carbonyl (C=O) groups excluding carboxylic acids is 1. The largest absolute Gasteiger partial charge is 0.381 e. The zero-order valence-corrected chi connectivity index (χ0v) is 9.04. The van der Waals surface area contributed by atoms with Gasteiger partial charge in [-0.1, -0.05) is 0 Å². The first kappa shape index (κ1) is 10.2. The third-order valence-electron chi connectivity index (χ3n) is 2.59. The molecule has 4 heteroatoms. The van der Waals surface area contributed by atoms with Crippen LogP contribution in [0.4, 0.5) is 0 Å². The van der Waals surface area contributed by atoms with Crippen LogP contribution in [0.25, 0.3) is 0 Å². The van der Waals surface area contributed by atoms with Crippen LogP contribution in [0.3, 0.4) is 0 Å². The summed E-state index contributed by atoms with van der Waals surface area (Å²) < 4.78 is 5.38. The summed E-state index contributed by atoms with van der Waals surface area (Å²) in [6.07, 6.45) is 1.62. The van der Waals surface area contributed by atoms with Crippen LogP contribution in [-0.4, -0.2) is 29.0 Å². The zero-order chi connectivity index (χ0) is 10.8. The Morgan fingerprint density at radius 1 is 1.27 bits per heavy atom. The van der Waals surface area contributed by atoms with E-state index >= 15 is 0 Å². The van der Waals surface area contributed by atoms with Crippen molar-refractivity contribution in [2.45, 2.75) is 26.7 Å². The predicted octanol–water partition coefficient (Wildman–Crippen LogP) is 1.10. The molecule has 1 aliphatic rings. The Kier molecular flexibility index (Phi) is 2.77. The number of aryl methyl sites for hydroxylation is 1. The second-order valence-electron chi connectivity index (χ2n) is 3.73. The van der Waals surface area contributed by atoms with Gasteiger partial charge in [0.1, 0.15) is 0 Å². The van der Waals surface area contributed by atoms with Crippen molar-refractivity contribution in [1.29, 1.82) is 0 Å². The van der Waals surface area contributed by atoms with E-state index < -0.39 is 0 Å². The van der Waals surface area contributed by atoms with Gasteiger partial charge in [0.2, 0.25) is 0 Å². The van der Waals surface area contributed by atoms with Gasteiger partial charge < -0.3 is 4.74 Å². The summed E-state index contributed by atoms with van der Waals surface area (Å²) in [4.78, 5) is 19.7. The Morgan fingerprint density at radius 2 is 2.00 bits per heavy atom. The van der Waals surface area contributed by atoms with E-state index in [1.165, 1.54) is 6.92 Å². The highest BCUT2D eigenvalue weighted by Crippen LogP contribution is 2.15. The predicted molar refractivity (Wildman–Crippen MR) is 55.0 cm³/mol. The molecule has 0 amide bonds. The Hall–Kier alpha value is -1.29. The first-order valence-electron chi connectivity index (χ1n) is 5.13. The fraction of sp³-hybridized carbons (Fsp3) is 0.545. The van der Waals surface area contributed by atoms with Gasteiger partial charge in [0.05, 0.1) is 18.9 Å². The molecule has 1 aromatic rings. The Bertz CT molecular complexity index is 402. The van der Waals surface area contributed by atoms with Crippen molar-refractivity contribution in [1.82, 2.24) is 9.97 Å². The van der Waals surface area contributed by atoms with Crippen molar-refractivity contribution < 1.29 is 9.53 Å². The Labute approximate surface area is 88.7 Å². The molecule has 0 saturated heterocycles. The van der Waals surface area contributed by atoms with E-state index in [0.29, 0.717) is 12.4 Å². The van der Waals surface area contributed by atoms with Gasteiger partial charge in [-0.25, -0.2) is 9.97 Å². The fourth-order valence-electron chi connectivity index (χ4n) is 1.79. The molecule has 1 aromatic heterocycles. The van der Waals surface area contributed by atoms with Gasteiger partial charge in [-0.3, -0.25) is 4.79 Å². The van der Waals surface area contributed by atoms with Gasteiger partial charge >= 0.3 is 0 Å². The summed E-state index contributed by atoms with van der Waals surface area (Å²) in [6, 6.07) is 0. The van der Waals surface area contributed by atoms with Crippen LogP contribution < -0.4 is 0 Å². The highest BCUT2D eigenvalue weighted by atomic mass is 16.5. The van der Waals surface area contributed by atoms with Crippen LogP contribution >= 0.6 is 0 Å². The maximum atomic E-state index is 11.2. The lowest BCUT2D eigenvalue weighted by Crippen LogP contribution is -2.10. The number of hydrogen-bond acceptors (Lipinski definition) is 4. The Balaban J connectivity index is 2.48. The minimum Gasteiger partial charge on any atom is -0.381 e. The summed E-state index contributed by atoms with van der Waals surface area (Å²) in [5.74, 6) is 0.249. The van der Waals surface area contributed by atoms with E-state index in [1.54, 1.807) is 0 Å². The maximum Gasteiger partial charge on any atom is 0.196 e. The average molecular weight is 206 g/mol. The first-order valence-corrected chi connectivity index (χ1v) is 5.13. The lowest BCUT2D eigenvalue weighted by atomic mass is 10.1. The number of ketones is 1. The van der Waals surface area contributed by atoms with Crippen molar-refractivity contribution in [3.8, 4) is 0 Å². The molecule has 2 heterocycles. The standard InChI is InChI=1S/C11H14N2O2/c1-7-9-3-5-15-6-4-10(9)13-11(12-7)8(2)14/h3-6H2,1-2H3. The van der Waals surface area contributed by atoms with Crippen molar-refractivity contribution in [2.24, 2.45) is 0 Å². The fourth-order valence-corrected chi connectivity index (χ4v) is 1.79. The van der Waals surface area contributed by atoms with E-state index in [0.717, 1.165) is 36.4 Å². The number of ether oxygens (including phenoxy) is 1. The van der Waals surface area contributed by atoms with Crippen molar-refractivity contribution >= 4 is 5.78 Å². The minimum atomic E-state index is -0.0777. The van der Waals surface area contributed by atoms with Crippen LogP contribution in [0, 0.1) is 6.92 Å². The number of rotatable bonds is 1. The topological polar surface area (TPSA) is 52.1 Å². The van der Waals surface area contributed by atoms with Crippen LogP contribution in [0.2, 0.25) is 0 Å². The van der Waals surface area contributed by atoms with Gasteiger partial charge in [0.25, 0.3) is 0 Å². The summed E-state index contributed by atoms with van der Waals surface area (Å²) in [5, 5.41) is 0. The Morgan fingerprint density at radius 3 is 2.73 bits per heavy atom. The third kappa shape index (κ3) is 2.04. The molecule has 0 N–H and O–H groups in total. The highest BCUT2D eigenvalue weighted by molar-refractivity contribution is 5.90. The van der Waals surface area contributed by atoms with Gasteiger partial charge in [-0.15, -0.1) is 0 Å². The minimum absolute atomic E-state index is 0.0777. The number of fused-ring (bicyclic) bond motifs is 1. The third-order valence-corrected chi connectivity index (χ3v) is 2.59. The number of nitrogens with zero attached hydrogens (tertiary/aromatic N) is 2. The normalized spacial score (nSPS) is 15.6. The molecule has 4 nitrogen and oxygen atoms in total. The van der Waals surface area contributed by atoms with E-state index in [9.17, 15) is 4.79 Å². The second kappa shape index (κ2) is 4.06. The average Bonchev–Trinajstić information content (AvgIpc) is 2.42. The molecule has 0 aliphatic carbocycles. The van der Waals surface area contributed by atoms with E-state index in [4.69, 9.17) is 4.74 Å². The SMILES string of the molecule is CC(=O)c1nc(C)c2c(n1)CCOCC2. The van der Waals surface area contributed by atoms with Gasteiger partial charge in [0.15, 0.2) is 11.6 Å². The molecule has 0 atom stereocenters. The van der Waals surface area contributed by atoms with E-state index in [2.05, 4.69) is 9.97 Å². The molecule has 2 rings (SSSR count). The van der Waals surface area contributed by atoms with Crippen molar-refractivity contribution in [2.75, 3.05) is 13.2 Å². The molecular weight excluding hydrogens is 192 g/mol. The second-order valence-corrected chi connectivity index (χ2v) is 3.73. The quantitative estimate of drug-likeness (QED) is 0.646. The number of Topliss-reactive ketones (excluding diaryl/α,β-unsaturated/α-hetero) is 1. The zero-order valence-electron chi connectivity index (χ0n) is 9.04. The molecule has 1 aliphatic heterocycles. The van der Waals surface area contributed by atoms with Crippen LogP contribution in [0.1, 0.15) is 34.5 Å². The van der Waals surface area contributed by atoms with E-state index in [1.807, 2.05) is 6.92 Å². The molecule has 0 spiro atoms. The molecular formula is C11H14N2O2. The smallest absolute Gasteiger partial charge is 0.196 e. The van der Waals surface area contributed by atoms with Gasteiger partial charge in [-0.2, -0.15) is 0 Å². The molecule has 0 aromatic carbocycles. The van der Waals surface area contributed by atoms with Gasteiger partial charge in [-0.05, 0) is 18.9 Å². The summed E-state index contributed by atoms with van der Waals surface area (Å²) >= 11 is 0. The number of aromatic nitrogens is 2. The van der Waals surface area contributed by atoms with Crippen molar-refractivity contribution in [3.63, 3.8) is 0 Å².